The summed E-state index contributed by atoms with van der Waals surface area (Å²) in [6.45, 7) is 3.10. The number of carbonyl (C=O) groups is 1. The fraction of sp³-hybridized carbons (Fsp3) is 0.391. The minimum Gasteiger partial charge on any atom is -0.390 e. The zero-order valence-electron chi connectivity index (χ0n) is 16.1. The lowest BCUT2D eigenvalue weighted by Crippen LogP contribution is -2.42. The molecule has 28 heavy (non-hydrogen) atoms. The molecule has 1 aliphatic heterocycles. The maximum Gasteiger partial charge on any atom is 0.226 e. The Morgan fingerprint density at radius 2 is 1.93 bits per heavy atom. The molecule has 1 saturated carbocycles. The summed E-state index contributed by atoms with van der Waals surface area (Å²) in [5.41, 5.74) is 4.21. The predicted octanol–water partition coefficient (Wildman–Crippen LogP) is 4.97. The second-order valence-corrected chi connectivity index (χ2v) is 8.18. The maximum absolute atomic E-state index is 13.0. The average molecular weight is 397 g/mol. The van der Waals surface area contributed by atoms with E-state index in [1.54, 1.807) is 0 Å². The Bertz CT molecular complexity index is 874. The van der Waals surface area contributed by atoms with Gasteiger partial charge in [0.2, 0.25) is 5.91 Å². The zero-order valence-corrected chi connectivity index (χ0v) is 16.9. The Morgan fingerprint density at radius 3 is 2.61 bits per heavy atom. The molecule has 0 unspecified atom stereocenters. The van der Waals surface area contributed by atoms with Crippen LogP contribution >= 0.6 is 11.6 Å². The monoisotopic (exact) mass is 396 g/mol. The molecule has 146 valence electrons. The molecular weight excluding hydrogens is 372 g/mol. The van der Waals surface area contributed by atoms with Gasteiger partial charge in [-0.25, -0.2) is 0 Å². The SMILES string of the molecule is Cc1ccc(C2=NO[C@H](CN(Cc3ccccc3Cl)C(=O)C3CCC3)C2)cc1. The number of rotatable bonds is 6. The molecule has 1 amide bonds. The molecule has 1 aliphatic carbocycles. The first kappa shape index (κ1) is 19.0. The molecule has 4 rings (SSSR count). The normalized spacial score (nSPS) is 18.9. The quantitative estimate of drug-likeness (QED) is 0.691. The van der Waals surface area contributed by atoms with Crippen molar-refractivity contribution in [3.63, 3.8) is 0 Å². The molecule has 0 N–H and O–H groups in total. The summed E-state index contributed by atoms with van der Waals surface area (Å²) >= 11 is 6.34. The van der Waals surface area contributed by atoms with E-state index >= 15 is 0 Å². The van der Waals surface area contributed by atoms with Crippen LogP contribution in [0.25, 0.3) is 0 Å². The molecule has 5 heteroatoms. The van der Waals surface area contributed by atoms with Crippen LogP contribution in [0.3, 0.4) is 0 Å². The van der Waals surface area contributed by atoms with Gasteiger partial charge in [-0.3, -0.25) is 4.79 Å². The summed E-state index contributed by atoms with van der Waals surface area (Å²) < 4.78 is 0. The Hall–Kier alpha value is -2.33. The fourth-order valence-corrected chi connectivity index (χ4v) is 3.86. The molecule has 2 aliphatic rings. The highest BCUT2D eigenvalue weighted by molar-refractivity contribution is 6.31. The summed E-state index contributed by atoms with van der Waals surface area (Å²) in [5, 5.41) is 4.98. The third-order valence-corrected chi connectivity index (χ3v) is 6.00. The molecule has 4 nitrogen and oxygen atoms in total. The van der Waals surface area contributed by atoms with Crippen molar-refractivity contribution in [2.75, 3.05) is 6.54 Å². The van der Waals surface area contributed by atoms with Crippen molar-refractivity contribution < 1.29 is 9.63 Å². The summed E-state index contributed by atoms with van der Waals surface area (Å²) in [6.07, 6.45) is 3.68. The van der Waals surface area contributed by atoms with E-state index in [0.717, 1.165) is 36.1 Å². The Labute approximate surface area is 171 Å². The number of benzene rings is 2. The topological polar surface area (TPSA) is 41.9 Å². The van der Waals surface area contributed by atoms with Gasteiger partial charge in [0.1, 0.15) is 0 Å². The first-order valence-electron chi connectivity index (χ1n) is 9.92. The highest BCUT2D eigenvalue weighted by Gasteiger charge is 2.33. The number of hydrogen-bond donors (Lipinski definition) is 0. The second kappa shape index (κ2) is 8.36. The Morgan fingerprint density at radius 1 is 1.18 bits per heavy atom. The summed E-state index contributed by atoms with van der Waals surface area (Å²) in [7, 11) is 0. The number of hydrogen-bond acceptors (Lipinski definition) is 3. The van der Waals surface area contributed by atoms with Gasteiger partial charge >= 0.3 is 0 Å². The van der Waals surface area contributed by atoms with Crippen LogP contribution in [0.15, 0.2) is 53.7 Å². The van der Waals surface area contributed by atoms with Gasteiger partial charge in [0.15, 0.2) is 6.10 Å². The number of nitrogens with zero attached hydrogens (tertiary/aromatic N) is 2. The van der Waals surface area contributed by atoms with E-state index in [1.807, 2.05) is 29.2 Å². The van der Waals surface area contributed by atoms with Gasteiger partial charge in [-0.2, -0.15) is 0 Å². The van der Waals surface area contributed by atoms with Crippen LogP contribution in [-0.2, 0) is 16.2 Å². The number of carbonyl (C=O) groups excluding carboxylic acids is 1. The smallest absolute Gasteiger partial charge is 0.226 e. The van der Waals surface area contributed by atoms with Crippen molar-refractivity contribution in [3.05, 3.63) is 70.2 Å². The zero-order chi connectivity index (χ0) is 19.5. The van der Waals surface area contributed by atoms with Crippen LogP contribution in [0.5, 0.6) is 0 Å². The van der Waals surface area contributed by atoms with Gasteiger partial charge in [-0.15, -0.1) is 0 Å². The molecule has 0 spiro atoms. The Balaban J connectivity index is 1.44. The van der Waals surface area contributed by atoms with Crippen molar-refractivity contribution in [1.29, 1.82) is 0 Å². The molecule has 1 atom stereocenters. The lowest BCUT2D eigenvalue weighted by atomic mass is 9.84. The second-order valence-electron chi connectivity index (χ2n) is 7.77. The number of halogens is 1. The summed E-state index contributed by atoms with van der Waals surface area (Å²) in [5.74, 6) is 0.347. The van der Waals surface area contributed by atoms with Crippen LogP contribution in [0, 0.1) is 12.8 Å². The lowest BCUT2D eigenvalue weighted by molar-refractivity contribution is -0.140. The van der Waals surface area contributed by atoms with Crippen LogP contribution < -0.4 is 0 Å². The van der Waals surface area contributed by atoms with Gasteiger partial charge < -0.3 is 9.74 Å². The highest BCUT2D eigenvalue weighted by Crippen LogP contribution is 2.30. The van der Waals surface area contributed by atoms with E-state index in [1.165, 1.54) is 5.56 Å². The van der Waals surface area contributed by atoms with E-state index in [-0.39, 0.29) is 17.9 Å². The third-order valence-electron chi connectivity index (χ3n) is 5.63. The molecule has 0 saturated heterocycles. The first-order valence-corrected chi connectivity index (χ1v) is 10.3. The lowest BCUT2D eigenvalue weighted by Gasteiger charge is -2.33. The number of oxime groups is 1. The van der Waals surface area contributed by atoms with Crippen molar-refractivity contribution in [2.45, 2.75) is 45.3 Å². The van der Waals surface area contributed by atoms with Crippen LogP contribution in [0.2, 0.25) is 5.02 Å². The molecular formula is C23H25ClN2O2. The maximum atomic E-state index is 13.0. The standard InChI is InChI=1S/C23H25ClN2O2/c1-16-9-11-17(12-10-16)22-13-20(28-25-22)15-26(23(27)18-6-4-7-18)14-19-5-2-3-8-21(19)24/h2-3,5,8-12,18,20H,4,6-7,13-15H2,1H3/t20-/m0/s1. The van der Waals surface area contributed by atoms with Crippen molar-refractivity contribution in [1.82, 2.24) is 4.90 Å². The van der Waals surface area contributed by atoms with Crippen LogP contribution in [-0.4, -0.2) is 29.2 Å². The average Bonchev–Trinajstić information content (AvgIpc) is 3.10. The van der Waals surface area contributed by atoms with Gasteiger partial charge in [0.25, 0.3) is 0 Å². The molecule has 1 fully saturated rings. The molecule has 0 aromatic heterocycles. The van der Waals surface area contributed by atoms with Gasteiger partial charge in [0, 0.05) is 23.9 Å². The van der Waals surface area contributed by atoms with Crippen molar-refractivity contribution in [3.8, 4) is 0 Å². The third kappa shape index (κ3) is 4.22. The fourth-order valence-electron chi connectivity index (χ4n) is 3.67. The molecule has 0 bridgehead atoms. The minimum atomic E-state index is -0.122. The van der Waals surface area contributed by atoms with Gasteiger partial charge in [-0.05, 0) is 37.0 Å². The van der Waals surface area contributed by atoms with Gasteiger partial charge in [0.05, 0.1) is 12.3 Å². The molecule has 2 aromatic carbocycles. The van der Waals surface area contributed by atoms with Crippen molar-refractivity contribution >= 4 is 23.2 Å². The Kier molecular flexibility index (Phi) is 5.67. The van der Waals surface area contributed by atoms with E-state index in [2.05, 4.69) is 36.3 Å². The van der Waals surface area contributed by atoms with Gasteiger partial charge in [-0.1, -0.05) is 71.2 Å². The number of aryl methyl sites for hydroxylation is 1. The van der Waals surface area contributed by atoms with E-state index in [9.17, 15) is 4.79 Å². The van der Waals surface area contributed by atoms with Crippen molar-refractivity contribution in [2.24, 2.45) is 11.1 Å². The minimum absolute atomic E-state index is 0.122. The van der Waals surface area contributed by atoms with Crippen LogP contribution in [0.4, 0.5) is 0 Å². The van der Waals surface area contributed by atoms with E-state index in [4.69, 9.17) is 16.4 Å². The van der Waals surface area contributed by atoms with Crippen LogP contribution in [0.1, 0.15) is 42.4 Å². The molecule has 0 radical (unpaired) electrons. The van der Waals surface area contributed by atoms with E-state index in [0.29, 0.717) is 24.5 Å². The summed E-state index contributed by atoms with van der Waals surface area (Å²) in [6, 6.07) is 16.0. The van der Waals surface area contributed by atoms with E-state index < -0.39 is 0 Å². The number of amides is 1. The molecule has 2 aromatic rings. The highest BCUT2D eigenvalue weighted by atomic mass is 35.5. The molecule has 1 heterocycles. The predicted molar refractivity (Wildman–Crippen MR) is 111 cm³/mol. The summed E-state index contributed by atoms with van der Waals surface area (Å²) in [4.78, 5) is 20.6. The first-order chi connectivity index (χ1) is 13.6. The largest absolute Gasteiger partial charge is 0.390 e.